The van der Waals surface area contributed by atoms with Crippen LogP contribution in [-0.2, 0) is 27.3 Å². The van der Waals surface area contributed by atoms with Crippen LogP contribution in [0.5, 0.6) is 0 Å². The lowest BCUT2D eigenvalue weighted by Crippen LogP contribution is -2.58. The molecule has 0 spiro atoms. The molecule has 3 rings (SSSR count). The molecule has 0 bridgehead atoms. The van der Waals surface area contributed by atoms with Crippen molar-refractivity contribution in [2.24, 2.45) is 5.92 Å². The van der Waals surface area contributed by atoms with Crippen molar-refractivity contribution in [3.63, 3.8) is 0 Å². The maximum Gasteiger partial charge on any atom is 0.407 e. The minimum Gasteiger partial charge on any atom is -0.453 e. The Morgan fingerprint density at radius 1 is 1.00 bits per heavy atom. The monoisotopic (exact) mass is 477 g/mol. The number of benzene rings is 2. The maximum atomic E-state index is 13.8. The number of nitrogens with zero attached hydrogens (tertiary/aromatic N) is 2. The van der Waals surface area contributed by atoms with E-state index in [1.807, 2.05) is 67.6 Å². The molecule has 0 unspecified atom stereocenters. The molecule has 186 valence electrons. The standard InChI is InChI=1S/C28H35N3O4/c1-4-5-12-21(2)25-27(33)30(20-23-15-10-7-11-16-23)17-18-31(25)26(32)24(29-28(34)35-3)19-22-13-8-6-9-14-22/h6-11,13-18,21,24-25H,4-5,12,19-20H2,1-3H3,(H,29,34)/t21-,24+,25+/m0/s1. The van der Waals surface area contributed by atoms with Crippen LogP contribution in [-0.4, -0.2) is 46.9 Å². The van der Waals surface area contributed by atoms with E-state index in [0.29, 0.717) is 6.54 Å². The highest BCUT2D eigenvalue weighted by atomic mass is 16.5. The number of alkyl carbamates (subject to hydrolysis) is 1. The van der Waals surface area contributed by atoms with Crippen LogP contribution in [0.3, 0.4) is 0 Å². The second-order valence-electron chi connectivity index (χ2n) is 8.94. The molecule has 7 nitrogen and oxygen atoms in total. The highest BCUT2D eigenvalue weighted by Crippen LogP contribution is 2.26. The van der Waals surface area contributed by atoms with E-state index in [0.717, 1.165) is 30.4 Å². The minimum atomic E-state index is -0.871. The summed E-state index contributed by atoms with van der Waals surface area (Å²) in [6.45, 7) is 4.55. The third kappa shape index (κ3) is 6.94. The molecule has 7 heteroatoms. The van der Waals surface area contributed by atoms with E-state index in [1.165, 1.54) is 12.0 Å². The van der Waals surface area contributed by atoms with Crippen LogP contribution in [0.1, 0.15) is 44.2 Å². The zero-order valence-electron chi connectivity index (χ0n) is 20.7. The molecule has 3 atom stereocenters. The van der Waals surface area contributed by atoms with Gasteiger partial charge in [0, 0.05) is 18.8 Å². The molecule has 1 aliphatic rings. The lowest BCUT2D eigenvalue weighted by atomic mass is 9.91. The molecule has 0 radical (unpaired) electrons. The number of methoxy groups -OCH3 is 1. The molecule has 0 fully saturated rings. The zero-order valence-corrected chi connectivity index (χ0v) is 20.7. The van der Waals surface area contributed by atoms with Crippen molar-refractivity contribution in [3.05, 3.63) is 84.2 Å². The van der Waals surface area contributed by atoms with E-state index in [2.05, 4.69) is 12.2 Å². The quantitative estimate of drug-likeness (QED) is 0.547. The van der Waals surface area contributed by atoms with Gasteiger partial charge in [0.1, 0.15) is 12.1 Å². The van der Waals surface area contributed by atoms with Gasteiger partial charge in [-0.2, -0.15) is 0 Å². The van der Waals surface area contributed by atoms with Gasteiger partial charge < -0.3 is 19.9 Å². The normalized spacial score (nSPS) is 17.1. The summed E-state index contributed by atoms with van der Waals surface area (Å²) in [6.07, 6.45) is 5.72. The van der Waals surface area contributed by atoms with Crippen molar-refractivity contribution in [1.29, 1.82) is 0 Å². The van der Waals surface area contributed by atoms with E-state index in [9.17, 15) is 14.4 Å². The van der Waals surface area contributed by atoms with Crippen LogP contribution in [0.25, 0.3) is 0 Å². The molecule has 0 saturated carbocycles. The number of hydrogen-bond acceptors (Lipinski definition) is 4. The van der Waals surface area contributed by atoms with Crippen molar-refractivity contribution in [2.45, 2.75) is 58.2 Å². The lowest BCUT2D eigenvalue weighted by molar-refractivity contribution is -0.147. The average Bonchev–Trinajstić information content (AvgIpc) is 2.88. The van der Waals surface area contributed by atoms with Gasteiger partial charge in [-0.05, 0) is 23.5 Å². The molecule has 2 aromatic rings. The second kappa shape index (κ2) is 12.7. The Hall–Kier alpha value is -3.61. The fourth-order valence-electron chi connectivity index (χ4n) is 4.36. The summed E-state index contributed by atoms with van der Waals surface area (Å²) in [5.74, 6) is -0.508. The van der Waals surface area contributed by atoms with Gasteiger partial charge in [-0.1, -0.05) is 87.4 Å². The topological polar surface area (TPSA) is 79.0 Å². The summed E-state index contributed by atoms with van der Waals surface area (Å²) in [5, 5.41) is 2.67. The Morgan fingerprint density at radius 3 is 2.23 bits per heavy atom. The van der Waals surface area contributed by atoms with Gasteiger partial charge in [0.2, 0.25) is 11.8 Å². The van der Waals surface area contributed by atoms with Crippen molar-refractivity contribution >= 4 is 17.9 Å². The van der Waals surface area contributed by atoms with Gasteiger partial charge in [0.15, 0.2) is 0 Å². The summed E-state index contributed by atoms with van der Waals surface area (Å²) in [6, 6.07) is 17.7. The molecule has 2 aromatic carbocycles. The highest BCUT2D eigenvalue weighted by Gasteiger charge is 2.40. The Kier molecular flexibility index (Phi) is 9.47. The summed E-state index contributed by atoms with van der Waals surface area (Å²) in [4.78, 5) is 42.7. The van der Waals surface area contributed by atoms with Crippen LogP contribution in [0.15, 0.2) is 73.1 Å². The van der Waals surface area contributed by atoms with Gasteiger partial charge in [0.05, 0.1) is 13.7 Å². The SMILES string of the molecule is CCCC[C@H](C)[C@@H]1C(=O)N(Cc2ccccc2)C=CN1C(=O)[C@@H](Cc1ccccc1)NC(=O)OC. The first-order valence-electron chi connectivity index (χ1n) is 12.2. The molecule has 35 heavy (non-hydrogen) atoms. The molecule has 1 aliphatic heterocycles. The predicted molar refractivity (Wildman–Crippen MR) is 135 cm³/mol. The van der Waals surface area contributed by atoms with E-state index in [4.69, 9.17) is 4.74 Å². The number of ether oxygens (including phenoxy) is 1. The number of carbonyl (C=O) groups is 3. The van der Waals surface area contributed by atoms with E-state index in [1.54, 1.807) is 17.3 Å². The number of nitrogens with one attached hydrogen (secondary N) is 1. The second-order valence-corrected chi connectivity index (χ2v) is 8.94. The van der Waals surface area contributed by atoms with Gasteiger partial charge in [-0.3, -0.25) is 9.59 Å². The van der Waals surface area contributed by atoms with Crippen LogP contribution in [0.2, 0.25) is 0 Å². The molecule has 0 saturated heterocycles. The number of unbranched alkanes of at least 4 members (excludes halogenated alkanes) is 1. The largest absolute Gasteiger partial charge is 0.453 e. The Bertz CT molecular complexity index is 1010. The van der Waals surface area contributed by atoms with Crippen molar-refractivity contribution in [2.75, 3.05) is 7.11 Å². The van der Waals surface area contributed by atoms with Crippen LogP contribution < -0.4 is 5.32 Å². The highest BCUT2D eigenvalue weighted by molar-refractivity contribution is 5.93. The van der Waals surface area contributed by atoms with Crippen molar-refractivity contribution < 1.29 is 19.1 Å². The Labute approximate surface area is 207 Å². The zero-order chi connectivity index (χ0) is 25.2. The van der Waals surface area contributed by atoms with Gasteiger partial charge in [-0.15, -0.1) is 0 Å². The van der Waals surface area contributed by atoms with Crippen LogP contribution >= 0.6 is 0 Å². The molecular weight excluding hydrogens is 442 g/mol. The fraction of sp³-hybridized carbons (Fsp3) is 0.393. The van der Waals surface area contributed by atoms with Crippen LogP contribution in [0, 0.1) is 5.92 Å². The minimum absolute atomic E-state index is 0.0508. The maximum absolute atomic E-state index is 13.8. The molecule has 1 N–H and O–H groups in total. The van der Waals surface area contributed by atoms with Crippen molar-refractivity contribution in [3.8, 4) is 0 Å². The fourth-order valence-corrected chi connectivity index (χ4v) is 4.36. The summed E-state index contributed by atoms with van der Waals surface area (Å²) in [5.41, 5.74) is 1.91. The lowest BCUT2D eigenvalue weighted by Gasteiger charge is -2.40. The Morgan fingerprint density at radius 2 is 1.63 bits per heavy atom. The predicted octanol–water partition coefficient (Wildman–Crippen LogP) is 4.49. The number of amides is 3. The molecular formula is C28H35N3O4. The average molecular weight is 478 g/mol. The van der Waals surface area contributed by atoms with Gasteiger partial charge >= 0.3 is 6.09 Å². The third-order valence-corrected chi connectivity index (χ3v) is 6.30. The van der Waals surface area contributed by atoms with Crippen molar-refractivity contribution in [1.82, 2.24) is 15.1 Å². The van der Waals surface area contributed by atoms with E-state index in [-0.39, 0.29) is 24.2 Å². The van der Waals surface area contributed by atoms with E-state index < -0.39 is 18.2 Å². The Balaban J connectivity index is 1.90. The summed E-state index contributed by atoms with van der Waals surface area (Å²) in [7, 11) is 1.26. The smallest absolute Gasteiger partial charge is 0.407 e. The number of carbonyl (C=O) groups excluding carboxylic acids is 3. The summed E-state index contributed by atoms with van der Waals surface area (Å²) >= 11 is 0. The van der Waals surface area contributed by atoms with Crippen LogP contribution in [0.4, 0.5) is 4.79 Å². The summed E-state index contributed by atoms with van der Waals surface area (Å²) < 4.78 is 4.77. The number of rotatable bonds is 10. The first kappa shape index (κ1) is 26.0. The van der Waals surface area contributed by atoms with Gasteiger partial charge in [0.25, 0.3) is 0 Å². The molecule has 0 aliphatic carbocycles. The molecule has 1 heterocycles. The number of hydrogen-bond donors (Lipinski definition) is 1. The third-order valence-electron chi connectivity index (χ3n) is 6.30. The first-order valence-corrected chi connectivity index (χ1v) is 12.2. The molecule has 3 amide bonds. The molecule has 0 aromatic heterocycles. The van der Waals surface area contributed by atoms with E-state index >= 15 is 0 Å². The van der Waals surface area contributed by atoms with Gasteiger partial charge in [-0.25, -0.2) is 4.79 Å². The first-order chi connectivity index (χ1) is 16.9.